The van der Waals surface area contributed by atoms with Gasteiger partial charge in [0.1, 0.15) is 17.9 Å². The Bertz CT molecular complexity index is 1050. The molecule has 0 aliphatic heterocycles. The van der Waals surface area contributed by atoms with E-state index < -0.39 is 23.8 Å². The summed E-state index contributed by atoms with van der Waals surface area (Å²) in [4.78, 5) is 38.1. The van der Waals surface area contributed by atoms with Crippen LogP contribution in [0.5, 0.6) is 5.75 Å². The molecule has 2 aromatic carbocycles. The van der Waals surface area contributed by atoms with Gasteiger partial charge in [-0.05, 0) is 41.7 Å². The highest BCUT2D eigenvalue weighted by Crippen LogP contribution is 2.16. The molecule has 0 saturated heterocycles. The lowest BCUT2D eigenvalue weighted by atomic mass is 9.95. The summed E-state index contributed by atoms with van der Waals surface area (Å²) in [5.74, 6) is -0.480. The minimum absolute atomic E-state index is 0.0775. The third-order valence-electron chi connectivity index (χ3n) is 5.13. The van der Waals surface area contributed by atoms with E-state index in [0.717, 1.165) is 5.56 Å². The van der Waals surface area contributed by atoms with Crippen LogP contribution in [-0.2, 0) is 20.8 Å². The smallest absolute Gasteiger partial charge is 0.243 e. The van der Waals surface area contributed by atoms with E-state index >= 15 is 0 Å². The molecule has 0 aliphatic carbocycles. The molecule has 2 aromatic rings. The van der Waals surface area contributed by atoms with Crippen molar-refractivity contribution in [3.8, 4) is 11.8 Å². The molecule has 0 aromatic heterocycles. The number of hydrogen-bond acceptors (Lipinski definition) is 5. The number of nitrogens with one attached hydrogen (secondary N) is 2. The van der Waals surface area contributed by atoms with Gasteiger partial charge in [-0.15, -0.1) is 0 Å². The number of nitrogens with zero attached hydrogens (tertiary/aromatic N) is 1. The fraction of sp³-hybridized carbons (Fsp3) is 0.333. The lowest BCUT2D eigenvalue weighted by molar-refractivity contribution is -0.130. The van der Waals surface area contributed by atoms with Crippen molar-refractivity contribution in [2.75, 3.05) is 7.11 Å². The van der Waals surface area contributed by atoms with E-state index in [1.807, 2.05) is 50.2 Å². The van der Waals surface area contributed by atoms with Crippen molar-refractivity contribution in [2.24, 2.45) is 5.92 Å². The van der Waals surface area contributed by atoms with Crippen LogP contribution < -0.4 is 15.4 Å². The van der Waals surface area contributed by atoms with Crippen LogP contribution in [-0.4, -0.2) is 36.8 Å². The summed E-state index contributed by atoms with van der Waals surface area (Å²) < 4.78 is 5.14. The Balaban J connectivity index is 2.34. The van der Waals surface area contributed by atoms with Crippen LogP contribution in [0, 0.1) is 17.2 Å². The predicted molar refractivity (Wildman–Crippen MR) is 131 cm³/mol. The number of nitriles is 1. The first-order chi connectivity index (χ1) is 16.2. The number of ketones is 1. The summed E-state index contributed by atoms with van der Waals surface area (Å²) in [5, 5.41) is 15.2. The second-order valence-corrected chi connectivity index (χ2v) is 8.44. The van der Waals surface area contributed by atoms with E-state index in [9.17, 15) is 19.6 Å². The summed E-state index contributed by atoms with van der Waals surface area (Å²) in [6, 6.07) is 16.4. The molecular weight excluding hydrogens is 430 g/mol. The lowest BCUT2D eigenvalue weighted by Gasteiger charge is -2.23. The predicted octanol–water partition coefficient (Wildman–Crippen LogP) is 3.45. The van der Waals surface area contributed by atoms with Crippen molar-refractivity contribution >= 4 is 23.7 Å². The van der Waals surface area contributed by atoms with Gasteiger partial charge in [-0.25, -0.2) is 0 Å². The van der Waals surface area contributed by atoms with Gasteiger partial charge >= 0.3 is 0 Å². The maximum Gasteiger partial charge on any atom is 0.243 e. The van der Waals surface area contributed by atoms with Crippen LogP contribution in [0.1, 0.15) is 38.3 Å². The summed E-state index contributed by atoms with van der Waals surface area (Å²) in [6.07, 6.45) is 2.12. The Morgan fingerprint density at radius 3 is 2.18 bits per heavy atom. The van der Waals surface area contributed by atoms with E-state index in [-0.39, 0.29) is 23.8 Å². The molecule has 0 saturated carbocycles. The van der Waals surface area contributed by atoms with Gasteiger partial charge < -0.3 is 15.4 Å². The summed E-state index contributed by atoms with van der Waals surface area (Å²) in [6.45, 7) is 5.23. The first kappa shape index (κ1) is 26.3. The second kappa shape index (κ2) is 12.9. The summed E-state index contributed by atoms with van der Waals surface area (Å²) in [5.41, 5.74) is 1.42. The molecule has 0 fully saturated rings. The molecule has 0 aliphatic rings. The van der Waals surface area contributed by atoms with E-state index in [2.05, 4.69) is 10.6 Å². The SMILES string of the molecule is COc1ccc(/C=C(\C#N)C(=O)[C@H](Cc2ccccc2)NC(=O)[C@H](CC(C)C)NC(C)=O)cc1. The number of amides is 2. The van der Waals surface area contributed by atoms with Crippen molar-refractivity contribution in [3.05, 3.63) is 71.3 Å². The molecule has 34 heavy (non-hydrogen) atoms. The van der Waals surface area contributed by atoms with Gasteiger partial charge in [0.05, 0.1) is 18.7 Å². The Morgan fingerprint density at radius 1 is 1.00 bits per heavy atom. The van der Waals surface area contributed by atoms with Gasteiger partial charge in [-0.1, -0.05) is 56.3 Å². The monoisotopic (exact) mass is 461 g/mol. The number of ether oxygens (including phenoxy) is 1. The van der Waals surface area contributed by atoms with Crippen LogP contribution in [0.4, 0.5) is 0 Å². The zero-order chi connectivity index (χ0) is 25.1. The third kappa shape index (κ3) is 8.21. The van der Waals surface area contributed by atoms with E-state index in [1.54, 1.807) is 31.4 Å². The fourth-order valence-electron chi connectivity index (χ4n) is 3.49. The number of hydrogen-bond donors (Lipinski definition) is 2. The van der Waals surface area contributed by atoms with Crippen LogP contribution in [0.3, 0.4) is 0 Å². The number of methoxy groups -OCH3 is 1. The van der Waals surface area contributed by atoms with Crippen LogP contribution >= 0.6 is 0 Å². The third-order valence-corrected chi connectivity index (χ3v) is 5.13. The maximum absolute atomic E-state index is 13.4. The highest BCUT2D eigenvalue weighted by Gasteiger charge is 2.28. The maximum atomic E-state index is 13.4. The normalized spacial score (nSPS) is 12.9. The van der Waals surface area contributed by atoms with Crippen molar-refractivity contribution < 1.29 is 19.1 Å². The molecule has 2 rings (SSSR count). The van der Waals surface area contributed by atoms with Gasteiger partial charge in [0.25, 0.3) is 0 Å². The van der Waals surface area contributed by atoms with Crippen molar-refractivity contribution in [1.82, 2.24) is 10.6 Å². The minimum atomic E-state index is -0.970. The Kier molecular flexibility index (Phi) is 10.0. The first-order valence-electron chi connectivity index (χ1n) is 11.1. The minimum Gasteiger partial charge on any atom is -0.497 e. The van der Waals surface area contributed by atoms with Crippen molar-refractivity contribution in [1.29, 1.82) is 5.26 Å². The van der Waals surface area contributed by atoms with Gasteiger partial charge in [0.2, 0.25) is 11.8 Å². The number of carbonyl (C=O) groups excluding carboxylic acids is 3. The van der Waals surface area contributed by atoms with Gasteiger partial charge in [-0.3, -0.25) is 14.4 Å². The second-order valence-electron chi connectivity index (χ2n) is 8.44. The summed E-state index contributed by atoms with van der Waals surface area (Å²) >= 11 is 0. The largest absolute Gasteiger partial charge is 0.497 e. The molecule has 0 spiro atoms. The standard InChI is InChI=1S/C27H31N3O4/c1-18(2)14-25(29-19(3)31)27(33)30-24(16-20-8-6-5-7-9-20)26(32)22(17-28)15-21-10-12-23(34-4)13-11-21/h5-13,15,18,24-25H,14,16H2,1-4H3,(H,29,31)(H,30,33)/b22-15+/t24-,25-/m0/s1. The van der Waals surface area contributed by atoms with E-state index in [1.165, 1.54) is 13.0 Å². The van der Waals surface area contributed by atoms with Crippen LogP contribution in [0.25, 0.3) is 6.08 Å². The van der Waals surface area contributed by atoms with E-state index in [0.29, 0.717) is 17.7 Å². The molecule has 2 amide bonds. The molecule has 2 N–H and O–H groups in total. The molecule has 7 heteroatoms. The zero-order valence-electron chi connectivity index (χ0n) is 20.0. The molecule has 0 radical (unpaired) electrons. The van der Waals surface area contributed by atoms with Gasteiger partial charge in [-0.2, -0.15) is 5.26 Å². The molecule has 2 atom stereocenters. The summed E-state index contributed by atoms with van der Waals surface area (Å²) in [7, 11) is 1.56. The van der Waals surface area contributed by atoms with Gasteiger partial charge in [0.15, 0.2) is 5.78 Å². The van der Waals surface area contributed by atoms with Crippen molar-refractivity contribution in [3.63, 3.8) is 0 Å². The molecular formula is C27H31N3O4. The van der Waals surface area contributed by atoms with Crippen LogP contribution in [0.15, 0.2) is 60.2 Å². The molecule has 7 nitrogen and oxygen atoms in total. The van der Waals surface area contributed by atoms with Crippen molar-refractivity contribution in [2.45, 2.75) is 45.7 Å². The molecule has 0 bridgehead atoms. The highest BCUT2D eigenvalue weighted by molar-refractivity contribution is 6.08. The average Bonchev–Trinajstić information content (AvgIpc) is 2.81. The lowest BCUT2D eigenvalue weighted by Crippen LogP contribution is -2.52. The van der Waals surface area contributed by atoms with Crippen LogP contribution in [0.2, 0.25) is 0 Å². The number of rotatable bonds is 11. The molecule has 0 unspecified atom stereocenters. The Morgan fingerprint density at radius 2 is 1.65 bits per heavy atom. The quantitative estimate of drug-likeness (QED) is 0.394. The average molecular weight is 462 g/mol. The first-order valence-corrected chi connectivity index (χ1v) is 11.1. The Labute approximate surface area is 200 Å². The molecule has 178 valence electrons. The van der Waals surface area contributed by atoms with Gasteiger partial charge in [0, 0.05) is 13.3 Å². The number of benzene rings is 2. The zero-order valence-corrected chi connectivity index (χ0v) is 20.0. The fourth-order valence-corrected chi connectivity index (χ4v) is 3.49. The van der Waals surface area contributed by atoms with E-state index in [4.69, 9.17) is 4.74 Å². The molecule has 0 heterocycles. The number of Topliss-reactive ketones (excluding diaryl/α,β-unsaturated/α-hetero) is 1. The topological polar surface area (TPSA) is 108 Å². The number of carbonyl (C=O) groups is 3. The Hall–Kier alpha value is -3.92. The highest BCUT2D eigenvalue weighted by atomic mass is 16.5.